The number of ether oxygens (including phenoxy) is 2. The number of aromatic nitrogens is 4. The molecule has 0 radical (unpaired) electrons. The number of benzene rings is 1. The molecule has 4 aliphatic rings. The van der Waals surface area contributed by atoms with E-state index >= 15 is 0 Å². The zero-order chi connectivity index (χ0) is 39.2. The minimum Gasteiger partial charge on any atom is -0.490 e. The lowest BCUT2D eigenvalue weighted by molar-refractivity contribution is -0.146. The van der Waals surface area contributed by atoms with Crippen LogP contribution in [-0.2, 0) is 27.0 Å². The highest BCUT2D eigenvalue weighted by molar-refractivity contribution is 6.01. The molecule has 296 valence electrons. The van der Waals surface area contributed by atoms with Gasteiger partial charge in [-0.2, -0.15) is 13.2 Å². The van der Waals surface area contributed by atoms with Gasteiger partial charge in [0.2, 0.25) is 11.9 Å². The monoisotopic (exact) mass is 775 g/mol. The summed E-state index contributed by atoms with van der Waals surface area (Å²) in [5.41, 5.74) is -2.98. The average molecular weight is 776 g/mol. The topological polar surface area (TPSA) is 152 Å². The first-order chi connectivity index (χ1) is 26.9. The van der Waals surface area contributed by atoms with E-state index in [1.807, 2.05) is 6.92 Å². The lowest BCUT2D eigenvalue weighted by atomic mass is 9.78. The maximum Gasteiger partial charge on any atom is 0.434 e. The van der Waals surface area contributed by atoms with Crippen LogP contribution in [0.15, 0.2) is 55.0 Å². The second-order valence-electron chi connectivity index (χ2n) is 15.6. The van der Waals surface area contributed by atoms with Crippen molar-refractivity contribution in [2.45, 2.75) is 69.8 Å². The number of carboxylic acids is 1. The van der Waals surface area contributed by atoms with Crippen LogP contribution in [0.4, 0.5) is 19.1 Å². The van der Waals surface area contributed by atoms with Crippen LogP contribution < -0.4 is 15.0 Å². The highest BCUT2D eigenvalue weighted by atomic mass is 19.4. The Morgan fingerprint density at radius 2 is 1.77 bits per heavy atom. The van der Waals surface area contributed by atoms with E-state index in [0.717, 1.165) is 25.3 Å². The molecule has 16 heteroatoms. The molecule has 8 rings (SSSR count). The van der Waals surface area contributed by atoms with E-state index in [1.54, 1.807) is 52.3 Å². The molecule has 3 aromatic heterocycles. The number of piperidine rings is 1. The van der Waals surface area contributed by atoms with Crippen molar-refractivity contribution in [1.82, 2.24) is 29.7 Å². The number of hydrogen-bond donors (Lipinski definition) is 2. The second-order valence-corrected chi connectivity index (χ2v) is 15.6. The van der Waals surface area contributed by atoms with E-state index in [1.165, 1.54) is 6.07 Å². The van der Waals surface area contributed by atoms with Gasteiger partial charge < -0.3 is 34.3 Å². The molecule has 2 saturated carbocycles. The lowest BCUT2D eigenvalue weighted by Gasteiger charge is -2.33. The van der Waals surface area contributed by atoms with Gasteiger partial charge in [-0.15, -0.1) is 0 Å². The maximum atomic E-state index is 14.8. The molecule has 4 unspecified atom stereocenters. The van der Waals surface area contributed by atoms with Crippen LogP contribution in [0, 0.1) is 17.8 Å². The van der Waals surface area contributed by atoms with E-state index in [2.05, 4.69) is 25.2 Å². The van der Waals surface area contributed by atoms with Crippen molar-refractivity contribution >= 4 is 34.6 Å². The highest BCUT2D eigenvalue weighted by Crippen LogP contribution is 2.51. The van der Waals surface area contributed by atoms with Gasteiger partial charge >= 0.3 is 12.1 Å². The fraction of sp³-hybridized carbons (Fsp3) is 0.500. The third-order valence-electron chi connectivity index (χ3n) is 11.9. The van der Waals surface area contributed by atoms with Crippen LogP contribution in [0.5, 0.6) is 5.75 Å². The molecule has 2 aliphatic heterocycles. The zero-order valence-corrected chi connectivity index (χ0v) is 31.0. The predicted molar refractivity (Wildman–Crippen MR) is 198 cm³/mol. The molecule has 0 spiro atoms. The summed E-state index contributed by atoms with van der Waals surface area (Å²) in [6, 6.07) is 9.45. The van der Waals surface area contributed by atoms with Gasteiger partial charge in [0.05, 0.1) is 30.0 Å². The number of pyridine rings is 1. The summed E-state index contributed by atoms with van der Waals surface area (Å²) in [6.07, 6.45) is 3.47. The van der Waals surface area contributed by atoms with Gasteiger partial charge in [0.15, 0.2) is 5.69 Å². The third-order valence-corrected chi connectivity index (χ3v) is 11.9. The van der Waals surface area contributed by atoms with Crippen molar-refractivity contribution in [2.24, 2.45) is 17.8 Å². The summed E-state index contributed by atoms with van der Waals surface area (Å²) in [7, 11) is 0. The maximum absolute atomic E-state index is 14.8. The van der Waals surface area contributed by atoms with Crippen LogP contribution >= 0.6 is 0 Å². The van der Waals surface area contributed by atoms with Crippen molar-refractivity contribution in [3.8, 4) is 17.0 Å². The fourth-order valence-corrected chi connectivity index (χ4v) is 9.24. The summed E-state index contributed by atoms with van der Waals surface area (Å²) < 4.78 is 57.9. The number of carbonyl (C=O) groups is 3. The van der Waals surface area contributed by atoms with Crippen LogP contribution in [0.2, 0.25) is 0 Å². The number of rotatable bonds is 9. The number of hydrogen-bond acceptors (Lipinski definition) is 9. The Morgan fingerprint density at radius 3 is 2.48 bits per heavy atom. The molecule has 2 amide bonds. The van der Waals surface area contributed by atoms with Crippen molar-refractivity contribution in [1.29, 1.82) is 0 Å². The van der Waals surface area contributed by atoms with E-state index in [4.69, 9.17) is 9.47 Å². The van der Waals surface area contributed by atoms with Gasteiger partial charge in [-0.25, -0.2) is 19.7 Å². The van der Waals surface area contributed by atoms with Gasteiger partial charge in [-0.3, -0.25) is 9.59 Å². The average Bonchev–Trinajstić information content (AvgIpc) is 3.67. The number of alkyl halides is 3. The zero-order valence-electron chi connectivity index (χ0n) is 31.0. The van der Waals surface area contributed by atoms with E-state index in [9.17, 15) is 32.7 Å². The first kappa shape index (κ1) is 37.7. The number of fused-ring (bicyclic) bond motifs is 3. The molecule has 4 atom stereocenters. The van der Waals surface area contributed by atoms with Crippen molar-refractivity contribution in [2.75, 3.05) is 44.3 Å². The molecule has 13 nitrogen and oxygen atoms in total. The summed E-state index contributed by atoms with van der Waals surface area (Å²) >= 11 is 0. The molecule has 4 aromatic rings. The number of morpholine rings is 1. The Labute approximate surface area is 321 Å². The molecular formula is C40H44F3N7O6. The number of anilines is 1. The number of halogens is 3. The Morgan fingerprint density at radius 1 is 1.02 bits per heavy atom. The summed E-state index contributed by atoms with van der Waals surface area (Å²) in [4.78, 5) is 56.3. The Kier molecular flexibility index (Phi) is 10.1. The van der Waals surface area contributed by atoms with Gasteiger partial charge in [-0.1, -0.05) is 6.92 Å². The number of nitrogens with zero attached hydrogens (tertiary/aromatic N) is 6. The predicted octanol–water partition coefficient (Wildman–Crippen LogP) is 5.43. The van der Waals surface area contributed by atoms with E-state index < -0.39 is 34.8 Å². The molecule has 2 saturated heterocycles. The van der Waals surface area contributed by atoms with Crippen LogP contribution in [0.3, 0.4) is 0 Å². The van der Waals surface area contributed by atoms with Gasteiger partial charge in [-0.05, 0) is 73.8 Å². The Bertz CT molecular complexity index is 2120. The molecule has 5 heterocycles. The first-order valence-electron chi connectivity index (χ1n) is 19.2. The minimum absolute atomic E-state index is 0.0564. The smallest absolute Gasteiger partial charge is 0.434 e. The Hall–Kier alpha value is -5.25. The van der Waals surface area contributed by atoms with Gasteiger partial charge in [0, 0.05) is 74.6 Å². The van der Waals surface area contributed by atoms with E-state index in [0.29, 0.717) is 80.4 Å². The quantitative estimate of drug-likeness (QED) is 0.225. The van der Waals surface area contributed by atoms with Crippen molar-refractivity contribution in [3.05, 3.63) is 66.2 Å². The molecule has 2 bridgehead atoms. The molecule has 1 aromatic carbocycles. The molecule has 4 fully saturated rings. The van der Waals surface area contributed by atoms with E-state index in [-0.39, 0.29) is 48.4 Å². The molecule has 2 N–H and O–H groups in total. The number of carboxylic acid groups (broad SMARTS) is 1. The number of carbonyl (C=O) groups excluding carboxylic acids is 2. The second kappa shape index (κ2) is 15.0. The highest BCUT2D eigenvalue weighted by Gasteiger charge is 2.56. The molecular weight excluding hydrogens is 731 g/mol. The van der Waals surface area contributed by atoms with Gasteiger partial charge in [0.25, 0.3) is 5.91 Å². The summed E-state index contributed by atoms with van der Waals surface area (Å²) in [6.45, 7) is 5.02. The fourth-order valence-electron chi connectivity index (χ4n) is 9.24. The van der Waals surface area contributed by atoms with Crippen LogP contribution in [0.1, 0.15) is 61.5 Å². The number of nitrogens with one attached hydrogen (secondary N) is 1. The van der Waals surface area contributed by atoms with Gasteiger partial charge in [0.1, 0.15) is 23.9 Å². The van der Waals surface area contributed by atoms with Crippen LogP contribution in [0.25, 0.3) is 22.2 Å². The van der Waals surface area contributed by atoms with Crippen molar-refractivity contribution in [3.63, 3.8) is 0 Å². The normalized spacial score (nSPS) is 24.3. The lowest BCUT2D eigenvalue weighted by Crippen LogP contribution is -2.57. The SMILES string of the molecule is CC1CC2CC(C1)C(NC(=O)c1ccc(-c3cn(CC(=O)N4CCOCC4)c4cc(OC5CCN(c6ncccn6)CC5)ccc34)nc1C(F)(F)F)(C(=O)O)C2. The molecule has 2 aliphatic carbocycles. The Balaban J connectivity index is 1.10. The number of amides is 2. The molecule has 56 heavy (non-hydrogen) atoms. The summed E-state index contributed by atoms with van der Waals surface area (Å²) in [5, 5.41) is 13.4. The minimum atomic E-state index is -5.03. The number of aliphatic carboxylic acids is 1. The van der Waals surface area contributed by atoms with Crippen LogP contribution in [-0.4, -0.2) is 98.3 Å². The first-order valence-corrected chi connectivity index (χ1v) is 19.2. The standard InChI is InChI=1S/C40H44F3N7O6/c1-24-17-25-19-26(18-24)39(21-25,37(53)54)47-36(52)30-5-6-32(46-35(30)40(41,42)43)31-22-50(23-34(51)48-13-15-55-16-14-48)33-20-28(3-4-29(31)33)56-27-7-11-49(12-8-27)38-44-9-2-10-45-38/h2-6,9-10,20,22,24-27H,7-8,11-19,21,23H2,1H3,(H,47,52)(H,53,54). The third kappa shape index (κ3) is 7.38. The van der Waals surface area contributed by atoms with Crippen molar-refractivity contribution < 1.29 is 42.1 Å². The summed E-state index contributed by atoms with van der Waals surface area (Å²) in [5.74, 6) is -1.37. The largest absolute Gasteiger partial charge is 0.490 e.